The van der Waals surface area contributed by atoms with Crippen LogP contribution in [0, 0.1) is 6.92 Å². The normalized spacial score (nSPS) is 10.3. The number of benzene rings is 1. The fourth-order valence-electron chi connectivity index (χ4n) is 1.71. The summed E-state index contributed by atoms with van der Waals surface area (Å²) in [5.41, 5.74) is 1.42. The molecule has 1 aromatic heterocycles. The Morgan fingerprint density at radius 2 is 2.00 bits per heavy atom. The lowest BCUT2D eigenvalue weighted by molar-refractivity contribution is 0.295. The first kappa shape index (κ1) is 12.4. The Bertz CT molecular complexity index is 576. The highest BCUT2D eigenvalue weighted by Gasteiger charge is 2.06. The zero-order valence-corrected chi connectivity index (χ0v) is 10.6. The Morgan fingerprint density at radius 3 is 2.67 bits per heavy atom. The Hall–Kier alpha value is -2.10. The Morgan fingerprint density at radius 1 is 1.28 bits per heavy atom. The number of aromatic nitrogens is 2. The summed E-state index contributed by atoms with van der Waals surface area (Å²) in [5, 5.41) is 0. The summed E-state index contributed by atoms with van der Waals surface area (Å²) in [6.45, 7) is 4.04. The number of H-pyrrole nitrogens is 1. The van der Waals surface area contributed by atoms with Crippen molar-refractivity contribution in [3.8, 4) is 5.75 Å². The minimum absolute atomic E-state index is 0.0893. The molecule has 0 fully saturated rings. The molecule has 4 heteroatoms. The monoisotopic (exact) mass is 244 g/mol. The van der Waals surface area contributed by atoms with E-state index in [1.54, 1.807) is 6.92 Å². The summed E-state index contributed by atoms with van der Waals surface area (Å²) in [7, 11) is 0. The van der Waals surface area contributed by atoms with Crippen LogP contribution in [-0.2, 0) is 13.0 Å². The molecule has 0 aliphatic rings. The average Bonchev–Trinajstić information content (AvgIpc) is 2.41. The van der Waals surface area contributed by atoms with E-state index in [9.17, 15) is 4.79 Å². The van der Waals surface area contributed by atoms with Crippen LogP contribution in [0.1, 0.15) is 24.0 Å². The molecular weight excluding hydrogens is 228 g/mol. The first-order valence-corrected chi connectivity index (χ1v) is 5.97. The smallest absolute Gasteiger partial charge is 0.254 e. The summed E-state index contributed by atoms with van der Waals surface area (Å²) in [5.74, 6) is 1.32. The van der Waals surface area contributed by atoms with Gasteiger partial charge in [-0.05, 0) is 25.5 Å². The van der Waals surface area contributed by atoms with E-state index >= 15 is 0 Å². The second-order valence-corrected chi connectivity index (χ2v) is 4.04. The summed E-state index contributed by atoms with van der Waals surface area (Å²) < 4.78 is 5.55. The van der Waals surface area contributed by atoms with E-state index in [4.69, 9.17) is 4.74 Å². The second-order valence-electron chi connectivity index (χ2n) is 4.04. The molecule has 0 aliphatic carbocycles. The molecule has 1 N–H and O–H groups in total. The fourth-order valence-corrected chi connectivity index (χ4v) is 1.71. The van der Waals surface area contributed by atoms with Crippen molar-refractivity contribution in [1.82, 2.24) is 9.97 Å². The fraction of sp³-hybridized carbons (Fsp3) is 0.286. The topological polar surface area (TPSA) is 55.0 Å². The average molecular weight is 244 g/mol. The third-order valence-electron chi connectivity index (χ3n) is 2.75. The van der Waals surface area contributed by atoms with Crippen molar-refractivity contribution in [2.45, 2.75) is 26.9 Å². The van der Waals surface area contributed by atoms with Crippen LogP contribution in [0.3, 0.4) is 0 Å². The molecule has 0 saturated carbocycles. The van der Waals surface area contributed by atoms with E-state index in [1.807, 2.05) is 37.3 Å². The van der Waals surface area contributed by atoms with Gasteiger partial charge in [0.05, 0.1) is 5.69 Å². The summed E-state index contributed by atoms with van der Waals surface area (Å²) in [4.78, 5) is 18.8. The lowest BCUT2D eigenvalue weighted by Crippen LogP contribution is -2.18. The van der Waals surface area contributed by atoms with Gasteiger partial charge in [0.25, 0.3) is 5.56 Å². The number of nitrogens with one attached hydrogen (secondary N) is 1. The van der Waals surface area contributed by atoms with Gasteiger partial charge in [-0.1, -0.05) is 25.1 Å². The van der Waals surface area contributed by atoms with Crippen LogP contribution in [-0.4, -0.2) is 9.97 Å². The van der Waals surface area contributed by atoms with Crippen LogP contribution in [0.25, 0.3) is 0 Å². The molecule has 1 heterocycles. The van der Waals surface area contributed by atoms with Crippen molar-refractivity contribution >= 4 is 0 Å². The van der Waals surface area contributed by atoms with Gasteiger partial charge in [-0.25, -0.2) is 4.98 Å². The van der Waals surface area contributed by atoms with Crippen molar-refractivity contribution in [2.75, 3.05) is 0 Å². The maximum atomic E-state index is 11.7. The SMILES string of the molecule is CCc1nc(COc2ccccc2)[nH]c(=O)c1C. The molecule has 2 rings (SSSR count). The van der Waals surface area contributed by atoms with Crippen molar-refractivity contribution < 1.29 is 4.74 Å². The quantitative estimate of drug-likeness (QED) is 0.897. The molecule has 0 atom stereocenters. The van der Waals surface area contributed by atoms with E-state index in [0.717, 1.165) is 17.9 Å². The van der Waals surface area contributed by atoms with Crippen molar-refractivity contribution in [2.24, 2.45) is 0 Å². The first-order valence-electron chi connectivity index (χ1n) is 5.97. The molecule has 0 saturated heterocycles. The summed E-state index contributed by atoms with van der Waals surface area (Å²) >= 11 is 0. The zero-order chi connectivity index (χ0) is 13.0. The van der Waals surface area contributed by atoms with Crippen LogP contribution >= 0.6 is 0 Å². The molecule has 2 aromatic rings. The number of rotatable bonds is 4. The van der Waals surface area contributed by atoms with Crippen LogP contribution in [0.2, 0.25) is 0 Å². The Balaban J connectivity index is 2.15. The van der Waals surface area contributed by atoms with Crippen molar-refractivity contribution in [1.29, 1.82) is 0 Å². The number of para-hydroxylation sites is 1. The molecule has 0 bridgehead atoms. The van der Waals surface area contributed by atoms with Gasteiger partial charge in [0.15, 0.2) is 0 Å². The minimum atomic E-state index is -0.0893. The van der Waals surface area contributed by atoms with E-state index in [-0.39, 0.29) is 12.2 Å². The number of ether oxygens (including phenoxy) is 1. The lowest BCUT2D eigenvalue weighted by atomic mass is 10.2. The highest BCUT2D eigenvalue weighted by Crippen LogP contribution is 2.10. The summed E-state index contributed by atoms with van der Waals surface area (Å²) in [6, 6.07) is 9.46. The number of aryl methyl sites for hydroxylation is 1. The largest absolute Gasteiger partial charge is 0.486 e. The van der Waals surface area contributed by atoms with Gasteiger partial charge in [-0.3, -0.25) is 4.79 Å². The molecule has 0 spiro atoms. The predicted molar refractivity (Wildman–Crippen MR) is 69.7 cm³/mol. The molecular formula is C14H16N2O2. The summed E-state index contributed by atoms with van der Waals surface area (Å²) in [6.07, 6.45) is 0.744. The van der Waals surface area contributed by atoms with E-state index in [1.165, 1.54) is 0 Å². The van der Waals surface area contributed by atoms with Gasteiger partial charge in [0.1, 0.15) is 18.2 Å². The van der Waals surface area contributed by atoms with Crippen LogP contribution in [0.15, 0.2) is 35.1 Å². The maximum absolute atomic E-state index is 11.7. The molecule has 4 nitrogen and oxygen atoms in total. The predicted octanol–water partition coefficient (Wildman–Crippen LogP) is 2.22. The van der Waals surface area contributed by atoms with Gasteiger partial charge in [0, 0.05) is 5.56 Å². The highest BCUT2D eigenvalue weighted by atomic mass is 16.5. The molecule has 94 valence electrons. The van der Waals surface area contributed by atoms with Crippen molar-refractivity contribution in [3.05, 3.63) is 57.8 Å². The molecule has 0 amide bonds. The van der Waals surface area contributed by atoms with Gasteiger partial charge in [0.2, 0.25) is 0 Å². The maximum Gasteiger partial charge on any atom is 0.254 e. The first-order chi connectivity index (χ1) is 8.70. The molecule has 0 unspecified atom stereocenters. The third kappa shape index (κ3) is 2.77. The number of hydrogen-bond acceptors (Lipinski definition) is 3. The van der Waals surface area contributed by atoms with Gasteiger partial charge in [-0.2, -0.15) is 0 Å². The van der Waals surface area contributed by atoms with E-state index < -0.39 is 0 Å². The molecule has 1 aromatic carbocycles. The van der Waals surface area contributed by atoms with Crippen LogP contribution in [0.5, 0.6) is 5.75 Å². The van der Waals surface area contributed by atoms with Gasteiger partial charge in [-0.15, -0.1) is 0 Å². The lowest BCUT2D eigenvalue weighted by Gasteiger charge is -2.07. The van der Waals surface area contributed by atoms with Crippen molar-refractivity contribution in [3.63, 3.8) is 0 Å². The Labute approximate surface area is 106 Å². The van der Waals surface area contributed by atoms with Gasteiger partial charge < -0.3 is 9.72 Å². The standard InChI is InChI=1S/C14H16N2O2/c1-3-12-10(2)14(17)16-13(15-12)9-18-11-7-5-4-6-8-11/h4-8H,3,9H2,1-2H3,(H,15,16,17). The second kappa shape index (κ2) is 5.49. The Kier molecular flexibility index (Phi) is 3.77. The molecule has 0 aliphatic heterocycles. The third-order valence-corrected chi connectivity index (χ3v) is 2.75. The zero-order valence-electron chi connectivity index (χ0n) is 10.6. The number of hydrogen-bond donors (Lipinski definition) is 1. The van der Waals surface area contributed by atoms with Crippen LogP contribution < -0.4 is 10.3 Å². The van der Waals surface area contributed by atoms with Gasteiger partial charge >= 0.3 is 0 Å². The van der Waals surface area contributed by atoms with E-state index in [2.05, 4.69) is 9.97 Å². The van der Waals surface area contributed by atoms with Crippen LogP contribution in [0.4, 0.5) is 0 Å². The molecule has 0 radical (unpaired) electrons. The highest BCUT2D eigenvalue weighted by molar-refractivity contribution is 5.21. The minimum Gasteiger partial charge on any atom is -0.486 e. The number of nitrogens with zero attached hydrogens (tertiary/aromatic N) is 1. The number of aromatic amines is 1. The molecule has 18 heavy (non-hydrogen) atoms. The van der Waals surface area contributed by atoms with E-state index in [0.29, 0.717) is 11.4 Å².